The fourth-order valence-corrected chi connectivity index (χ4v) is 1.69. The Labute approximate surface area is 123 Å². The van der Waals surface area contributed by atoms with Gasteiger partial charge in [0.05, 0.1) is 12.7 Å². The quantitative estimate of drug-likeness (QED) is 0.811. The Bertz CT molecular complexity index is 517. The molecule has 21 heavy (non-hydrogen) atoms. The van der Waals surface area contributed by atoms with Gasteiger partial charge in [0.15, 0.2) is 6.10 Å². The molecule has 0 fully saturated rings. The Morgan fingerprint density at radius 2 is 1.71 bits per heavy atom. The molecule has 1 aromatic carbocycles. The molecule has 1 aromatic rings. The van der Waals surface area contributed by atoms with Crippen molar-refractivity contribution >= 4 is 11.9 Å². The smallest absolute Gasteiger partial charge is 0.339 e. The number of esters is 2. The molecule has 2 N–H and O–H groups in total. The van der Waals surface area contributed by atoms with Crippen LogP contribution in [-0.2, 0) is 14.3 Å². The van der Waals surface area contributed by atoms with E-state index in [0.29, 0.717) is 0 Å². The van der Waals surface area contributed by atoms with E-state index < -0.39 is 29.7 Å². The molecular formula is C15H20O6. The number of rotatable bonds is 4. The van der Waals surface area contributed by atoms with Crippen molar-refractivity contribution in [3.8, 4) is 0 Å². The molecule has 0 amide bonds. The summed E-state index contributed by atoms with van der Waals surface area (Å²) in [5.41, 5.74) is -0.511. The second-order valence-corrected chi connectivity index (χ2v) is 5.50. The van der Waals surface area contributed by atoms with Crippen molar-refractivity contribution in [3.63, 3.8) is 0 Å². The first-order valence-electron chi connectivity index (χ1n) is 6.43. The molecule has 0 aliphatic carbocycles. The maximum Gasteiger partial charge on any atom is 0.339 e. The SMILES string of the molecule is COC(=O)C(O)C(O)c1ccccc1C(=O)OC(C)(C)C. The zero-order valence-electron chi connectivity index (χ0n) is 12.5. The van der Waals surface area contributed by atoms with Crippen LogP contribution in [0.15, 0.2) is 24.3 Å². The molecule has 6 heteroatoms. The third-order valence-corrected chi connectivity index (χ3v) is 2.64. The molecular weight excluding hydrogens is 276 g/mol. The van der Waals surface area contributed by atoms with Gasteiger partial charge in [-0.15, -0.1) is 0 Å². The van der Waals surface area contributed by atoms with Crippen molar-refractivity contribution in [1.82, 2.24) is 0 Å². The molecule has 6 nitrogen and oxygen atoms in total. The molecule has 0 spiro atoms. The van der Waals surface area contributed by atoms with Crippen molar-refractivity contribution in [3.05, 3.63) is 35.4 Å². The van der Waals surface area contributed by atoms with Crippen LogP contribution in [-0.4, -0.2) is 41.0 Å². The normalized spacial score (nSPS) is 14.2. The lowest BCUT2D eigenvalue weighted by Gasteiger charge is -2.22. The number of hydrogen-bond acceptors (Lipinski definition) is 6. The lowest BCUT2D eigenvalue weighted by Crippen LogP contribution is -2.31. The van der Waals surface area contributed by atoms with Crippen LogP contribution in [0, 0.1) is 0 Å². The van der Waals surface area contributed by atoms with Crippen LogP contribution in [0.25, 0.3) is 0 Å². The van der Waals surface area contributed by atoms with E-state index in [0.717, 1.165) is 7.11 Å². The number of aliphatic hydroxyl groups is 2. The second kappa shape index (κ2) is 6.69. The highest BCUT2D eigenvalue weighted by Gasteiger charge is 2.30. The first kappa shape index (κ1) is 17.1. The fourth-order valence-electron chi connectivity index (χ4n) is 1.69. The van der Waals surface area contributed by atoms with Gasteiger partial charge in [-0.25, -0.2) is 9.59 Å². The average Bonchev–Trinajstić information content (AvgIpc) is 2.43. The molecule has 0 aromatic heterocycles. The molecule has 0 saturated heterocycles. The fraction of sp³-hybridized carbons (Fsp3) is 0.467. The van der Waals surface area contributed by atoms with Crippen molar-refractivity contribution in [2.45, 2.75) is 38.6 Å². The van der Waals surface area contributed by atoms with E-state index in [1.165, 1.54) is 12.1 Å². The predicted molar refractivity (Wildman–Crippen MR) is 74.6 cm³/mol. The third-order valence-electron chi connectivity index (χ3n) is 2.64. The zero-order valence-corrected chi connectivity index (χ0v) is 12.5. The summed E-state index contributed by atoms with van der Waals surface area (Å²) in [5.74, 6) is -1.63. The second-order valence-electron chi connectivity index (χ2n) is 5.50. The first-order chi connectivity index (χ1) is 9.67. The van der Waals surface area contributed by atoms with Crippen LogP contribution in [0.3, 0.4) is 0 Å². The third kappa shape index (κ3) is 4.54. The van der Waals surface area contributed by atoms with Crippen LogP contribution in [0.4, 0.5) is 0 Å². The van der Waals surface area contributed by atoms with Crippen molar-refractivity contribution in [2.24, 2.45) is 0 Å². The largest absolute Gasteiger partial charge is 0.467 e. The van der Waals surface area contributed by atoms with Crippen LogP contribution in [0.2, 0.25) is 0 Å². The van der Waals surface area contributed by atoms with Gasteiger partial charge in [0.2, 0.25) is 0 Å². The molecule has 2 atom stereocenters. The van der Waals surface area contributed by atoms with Crippen LogP contribution < -0.4 is 0 Å². The number of ether oxygens (including phenoxy) is 2. The minimum Gasteiger partial charge on any atom is -0.467 e. The number of benzene rings is 1. The molecule has 1 rings (SSSR count). The molecule has 0 saturated carbocycles. The standard InChI is InChI=1S/C15H20O6/c1-15(2,3)21-13(18)10-8-6-5-7-9(10)11(16)12(17)14(19)20-4/h5-8,11-12,16-17H,1-4H3. The maximum atomic E-state index is 12.1. The monoisotopic (exact) mass is 296 g/mol. The number of hydrogen-bond donors (Lipinski definition) is 2. The number of carbonyl (C=O) groups excluding carboxylic acids is 2. The van der Waals surface area contributed by atoms with E-state index in [2.05, 4.69) is 4.74 Å². The summed E-state index contributed by atoms with van der Waals surface area (Å²) in [6.07, 6.45) is -3.36. The van der Waals surface area contributed by atoms with Gasteiger partial charge in [-0.1, -0.05) is 18.2 Å². The topological polar surface area (TPSA) is 93.1 Å². The average molecular weight is 296 g/mol. The molecule has 0 aliphatic rings. The van der Waals surface area contributed by atoms with Crippen molar-refractivity contribution in [1.29, 1.82) is 0 Å². The molecule has 0 aliphatic heterocycles. The van der Waals surface area contributed by atoms with Crippen LogP contribution >= 0.6 is 0 Å². The van der Waals surface area contributed by atoms with Gasteiger partial charge < -0.3 is 19.7 Å². The zero-order chi connectivity index (χ0) is 16.2. The van der Waals surface area contributed by atoms with E-state index in [1.807, 2.05) is 0 Å². The van der Waals surface area contributed by atoms with Gasteiger partial charge in [-0.05, 0) is 32.4 Å². The minimum absolute atomic E-state index is 0.0860. The Hall–Kier alpha value is -1.92. The van der Waals surface area contributed by atoms with Crippen molar-refractivity contribution < 1.29 is 29.3 Å². The van der Waals surface area contributed by atoms with Gasteiger partial charge in [0.1, 0.15) is 11.7 Å². The van der Waals surface area contributed by atoms with Crippen LogP contribution in [0.5, 0.6) is 0 Å². The molecule has 2 unspecified atom stereocenters. The lowest BCUT2D eigenvalue weighted by atomic mass is 9.98. The lowest BCUT2D eigenvalue weighted by molar-refractivity contribution is -0.156. The number of aliphatic hydroxyl groups excluding tert-OH is 2. The maximum absolute atomic E-state index is 12.1. The van der Waals surface area contributed by atoms with E-state index in [-0.39, 0.29) is 11.1 Å². The Morgan fingerprint density at radius 1 is 1.14 bits per heavy atom. The molecule has 0 heterocycles. The highest BCUT2D eigenvalue weighted by atomic mass is 16.6. The van der Waals surface area contributed by atoms with E-state index >= 15 is 0 Å². The van der Waals surface area contributed by atoms with Gasteiger partial charge in [-0.2, -0.15) is 0 Å². The summed E-state index contributed by atoms with van der Waals surface area (Å²) < 4.78 is 9.60. The first-order valence-corrected chi connectivity index (χ1v) is 6.43. The number of carbonyl (C=O) groups is 2. The summed E-state index contributed by atoms with van der Waals surface area (Å²) >= 11 is 0. The van der Waals surface area contributed by atoms with Crippen LogP contribution in [0.1, 0.15) is 42.8 Å². The van der Waals surface area contributed by atoms with Gasteiger partial charge in [0, 0.05) is 0 Å². The van der Waals surface area contributed by atoms with E-state index in [4.69, 9.17) is 4.74 Å². The molecule has 116 valence electrons. The summed E-state index contributed by atoms with van der Waals surface area (Å²) in [5, 5.41) is 19.8. The molecule has 0 radical (unpaired) electrons. The Kier molecular flexibility index (Phi) is 5.46. The van der Waals surface area contributed by atoms with Gasteiger partial charge in [0.25, 0.3) is 0 Å². The highest BCUT2D eigenvalue weighted by Crippen LogP contribution is 2.24. The summed E-state index contributed by atoms with van der Waals surface area (Å²) in [7, 11) is 1.10. The highest BCUT2D eigenvalue weighted by molar-refractivity contribution is 5.92. The number of methoxy groups -OCH3 is 1. The van der Waals surface area contributed by atoms with E-state index in [9.17, 15) is 19.8 Å². The molecule has 0 bridgehead atoms. The van der Waals surface area contributed by atoms with Crippen molar-refractivity contribution in [2.75, 3.05) is 7.11 Å². The summed E-state index contributed by atoms with van der Waals surface area (Å²) in [6, 6.07) is 6.07. The Balaban J connectivity index is 3.09. The summed E-state index contributed by atoms with van der Waals surface area (Å²) in [4.78, 5) is 23.4. The minimum atomic E-state index is -1.78. The Morgan fingerprint density at radius 3 is 2.24 bits per heavy atom. The predicted octanol–water partition coefficient (Wildman–Crippen LogP) is 1.21. The van der Waals surface area contributed by atoms with Gasteiger partial charge >= 0.3 is 11.9 Å². The van der Waals surface area contributed by atoms with Gasteiger partial charge in [-0.3, -0.25) is 0 Å². The summed E-state index contributed by atoms with van der Waals surface area (Å²) in [6.45, 7) is 5.15. The van der Waals surface area contributed by atoms with E-state index in [1.54, 1.807) is 32.9 Å².